The van der Waals surface area contributed by atoms with Crippen molar-refractivity contribution in [1.29, 1.82) is 0 Å². The molecule has 0 spiro atoms. The quantitative estimate of drug-likeness (QED) is 0.858. The first-order valence-corrected chi connectivity index (χ1v) is 5.90. The van der Waals surface area contributed by atoms with E-state index in [1.54, 1.807) is 0 Å². The van der Waals surface area contributed by atoms with E-state index in [4.69, 9.17) is 0 Å². The van der Waals surface area contributed by atoms with E-state index in [1.807, 2.05) is 39.0 Å². The molecule has 19 heavy (non-hydrogen) atoms. The topological polar surface area (TPSA) is 58.2 Å². The number of carbonyl (C=O) groups excluding carboxylic acids is 2. The number of rotatable bonds is 2. The molecule has 0 unspecified atom stereocenters. The van der Waals surface area contributed by atoms with Crippen LogP contribution in [0.4, 0.5) is 11.4 Å². The third-order valence-corrected chi connectivity index (χ3v) is 2.44. The Morgan fingerprint density at radius 2 is 1.32 bits per heavy atom. The van der Waals surface area contributed by atoms with Gasteiger partial charge in [0.05, 0.1) is 0 Å². The molecule has 0 atom stereocenters. The lowest BCUT2D eigenvalue weighted by Gasteiger charge is -2.26. The molecule has 0 bridgehead atoms. The summed E-state index contributed by atoms with van der Waals surface area (Å²) in [7, 11) is 0. The Morgan fingerprint density at radius 1 is 0.947 bits per heavy atom. The number of amides is 2. The second kappa shape index (κ2) is 6.36. The van der Waals surface area contributed by atoms with E-state index in [9.17, 15) is 9.59 Å². The zero-order valence-electron chi connectivity index (χ0n) is 11.5. The zero-order valence-corrected chi connectivity index (χ0v) is 11.5. The van der Waals surface area contributed by atoms with E-state index in [2.05, 4.69) is 10.6 Å². The smallest absolute Gasteiger partial charge is 0.221 e. The minimum absolute atomic E-state index is 0. The largest absolute Gasteiger partial charge is 0.326 e. The second-order valence-electron chi connectivity index (χ2n) is 5.34. The molecule has 0 radical (unpaired) electrons. The minimum Gasteiger partial charge on any atom is -0.326 e. The minimum atomic E-state index is -0.184. The van der Waals surface area contributed by atoms with Gasteiger partial charge in [0.2, 0.25) is 11.8 Å². The highest BCUT2D eigenvalue weighted by atomic mass is 16.2. The summed E-state index contributed by atoms with van der Waals surface area (Å²) in [4.78, 5) is 22.5. The molecule has 4 heteroatoms. The Labute approximate surface area is 115 Å². The first kappa shape index (κ1) is 17.2. The van der Waals surface area contributed by atoms with Crippen LogP contribution in [0.1, 0.15) is 47.6 Å². The summed E-state index contributed by atoms with van der Waals surface area (Å²) in [6, 6.07) is 5.49. The molecule has 0 saturated carbocycles. The van der Waals surface area contributed by atoms with Crippen molar-refractivity contribution in [1.82, 2.24) is 0 Å². The van der Waals surface area contributed by atoms with E-state index in [0.717, 1.165) is 16.9 Å². The van der Waals surface area contributed by atoms with Crippen molar-refractivity contribution in [2.24, 2.45) is 0 Å². The second-order valence-corrected chi connectivity index (χ2v) is 5.34. The summed E-state index contributed by atoms with van der Waals surface area (Å²) in [5.74, 6) is -0.249. The van der Waals surface area contributed by atoms with Gasteiger partial charge in [0.15, 0.2) is 0 Å². The molecule has 2 N–H and O–H groups in total. The molecule has 0 aliphatic rings. The van der Waals surface area contributed by atoms with E-state index in [-0.39, 0.29) is 24.7 Å². The van der Waals surface area contributed by atoms with Crippen LogP contribution in [0, 0.1) is 0 Å². The van der Waals surface area contributed by atoms with Crippen LogP contribution in [0.2, 0.25) is 0 Å². The van der Waals surface area contributed by atoms with Gasteiger partial charge in [-0.15, -0.1) is 0 Å². The van der Waals surface area contributed by atoms with Crippen molar-refractivity contribution < 1.29 is 9.59 Å². The fraction of sp³-hybridized carbons (Fsp3) is 0.467. The molecule has 4 nitrogen and oxygen atoms in total. The molecule has 0 aromatic heterocycles. The number of hydrogen-bond donors (Lipinski definition) is 2. The van der Waals surface area contributed by atoms with Crippen molar-refractivity contribution in [2.75, 3.05) is 10.6 Å². The monoisotopic (exact) mass is 264 g/mol. The molecule has 0 aliphatic carbocycles. The predicted octanol–water partition coefficient (Wildman–Crippen LogP) is 3.54. The van der Waals surface area contributed by atoms with Gasteiger partial charge in [-0.05, 0) is 17.5 Å². The van der Waals surface area contributed by atoms with Gasteiger partial charge >= 0.3 is 0 Å². The lowest BCUT2D eigenvalue weighted by atomic mass is 9.84. The van der Waals surface area contributed by atoms with Crippen LogP contribution in [0.15, 0.2) is 18.2 Å². The van der Waals surface area contributed by atoms with Gasteiger partial charge < -0.3 is 10.6 Å². The molecule has 0 saturated heterocycles. The fourth-order valence-electron chi connectivity index (χ4n) is 1.95. The predicted molar refractivity (Wildman–Crippen MR) is 80.5 cm³/mol. The molecule has 1 rings (SSSR count). The molecule has 1 aromatic carbocycles. The first-order valence-electron chi connectivity index (χ1n) is 5.90. The normalized spacial score (nSPS) is 10.4. The van der Waals surface area contributed by atoms with Crippen LogP contribution < -0.4 is 10.6 Å². The third-order valence-electron chi connectivity index (χ3n) is 2.44. The highest BCUT2D eigenvalue weighted by Crippen LogP contribution is 2.35. The summed E-state index contributed by atoms with van der Waals surface area (Å²) < 4.78 is 0. The van der Waals surface area contributed by atoms with Gasteiger partial charge in [-0.2, -0.15) is 0 Å². The van der Waals surface area contributed by atoms with Gasteiger partial charge in [-0.1, -0.05) is 34.3 Å². The standard InChI is InChI=1S/C14H20N2O2.CH4/c1-9(17)15-11-7-6-8-12(16-10(2)18)13(11)14(3,4)5;/h6-8H,1-5H3,(H,15,17)(H,16,18);1H4. The van der Waals surface area contributed by atoms with Crippen LogP contribution in [-0.2, 0) is 15.0 Å². The van der Waals surface area contributed by atoms with Gasteiger partial charge in [-0.25, -0.2) is 0 Å². The highest BCUT2D eigenvalue weighted by molar-refractivity contribution is 5.94. The molecule has 2 amide bonds. The number of carbonyl (C=O) groups is 2. The number of hydrogen-bond acceptors (Lipinski definition) is 2. The molecule has 0 aliphatic heterocycles. The molecular formula is C15H24N2O2. The maximum absolute atomic E-state index is 11.2. The zero-order chi connectivity index (χ0) is 13.9. The van der Waals surface area contributed by atoms with Gasteiger partial charge in [0.1, 0.15) is 0 Å². The number of anilines is 2. The van der Waals surface area contributed by atoms with Crippen molar-refractivity contribution in [3.63, 3.8) is 0 Å². The van der Waals surface area contributed by atoms with E-state index < -0.39 is 0 Å². The molecule has 0 fully saturated rings. The third kappa shape index (κ3) is 4.73. The maximum atomic E-state index is 11.2. The van der Waals surface area contributed by atoms with Crippen LogP contribution in [0.5, 0.6) is 0 Å². The lowest BCUT2D eigenvalue weighted by Crippen LogP contribution is -2.20. The summed E-state index contributed by atoms with van der Waals surface area (Å²) in [5, 5.41) is 5.61. The van der Waals surface area contributed by atoms with Gasteiger partial charge in [0, 0.05) is 30.8 Å². The van der Waals surface area contributed by atoms with Crippen molar-refractivity contribution >= 4 is 23.2 Å². The summed E-state index contributed by atoms with van der Waals surface area (Å²) >= 11 is 0. The molecule has 1 aromatic rings. The molecule has 106 valence electrons. The Bertz CT molecular complexity index is 439. The van der Waals surface area contributed by atoms with E-state index in [1.165, 1.54) is 13.8 Å². The summed E-state index contributed by atoms with van der Waals surface area (Å²) in [6.45, 7) is 9.06. The first-order chi connectivity index (χ1) is 8.21. The number of benzene rings is 1. The van der Waals surface area contributed by atoms with Crippen molar-refractivity contribution in [3.8, 4) is 0 Å². The number of nitrogens with one attached hydrogen (secondary N) is 2. The van der Waals surface area contributed by atoms with Crippen LogP contribution in [0.3, 0.4) is 0 Å². The highest BCUT2D eigenvalue weighted by Gasteiger charge is 2.22. The van der Waals surface area contributed by atoms with Crippen LogP contribution in [0.25, 0.3) is 0 Å². The summed E-state index contributed by atoms with van der Waals surface area (Å²) in [6.07, 6.45) is 0. The van der Waals surface area contributed by atoms with E-state index >= 15 is 0 Å². The summed E-state index contributed by atoms with van der Waals surface area (Å²) in [5.41, 5.74) is 2.22. The Morgan fingerprint density at radius 3 is 1.58 bits per heavy atom. The van der Waals surface area contributed by atoms with Crippen LogP contribution in [-0.4, -0.2) is 11.8 Å². The van der Waals surface area contributed by atoms with Gasteiger partial charge in [0.25, 0.3) is 0 Å². The van der Waals surface area contributed by atoms with E-state index in [0.29, 0.717) is 0 Å². The van der Waals surface area contributed by atoms with Gasteiger partial charge in [-0.3, -0.25) is 9.59 Å². The maximum Gasteiger partial charge on any atom is 0.221 e. The fourth-order valence-corrected chi connectivity index (χ4v) is 1.95. The Kier molecular flexibility index (Phi) is 5.75. The molecule has 0 heterocycles. The average Bonchev–Trinajstić information content (AvgIpc) is 2.13. The Hall–Kier alpha value is -1.84. The van der Waals surface area contributed by atoms with Crippen molar-refractivity contribution in [3.05, 3.63) is 23.8 Å². The average molecular weight is 264 g/mol. The van der Waals surface area contributed by atoms with Crippen molar-refractivity contribution in [2.45, 2.75) is 47.5 Å². The molecular weight excluding hydrogens is 240 g/mol. The lowest BCUT2D eigenvalue weighted by molar-refractivity contribution is -0.115. The Balaban J connectivity index is 0.00000324. The SMILES string of the molecule is C.CC(=O)Nc1cccc(NC(C)=O)c1C(C)(C)C. The van der Waals surface area contributed by atoms with Crippen LogP contribution >= 0.6 is 0 Å².